The molecule has 0 saturated carbocycles. The summed E-state index contributed by atoms with van der Waals surface area (Å²) in [5.41, 5.74) is 3.05. The standard InChI is InChI=1S/C27H34ClN5O2/c1-4-6-10-20(3)30-27(34)26(25(31-35)19-32(5-2)23-11-8-7-9-12-23)33-16-15-21(18-33)24-14-13-22(28)17-29-24/h7-9,11-14,17,21H,3-6,10,15-16,18-19H2,1-2H3,(H,30,34)/b26-25-. The zero-order valence-electron chi connectivity index (χ0n) is 20.5. The number of nitrogens with one attached hydrogen (secondary N) is 1. The molecule has 1 amide bonds. The Hall–Kier alpha value is -3.19. The molecule has 2 aromatic rings. The number of aromatic nitrogens is 1. The summed E-state index contributed by atoms with van der Waals surface area (Å²) in [6.07, 6.45) is 5.08. The lowest BCUT2D eigenvalue weighted by Gasteiger charge is -2.27. The molecule has 0 spiro atoms. The van der Waals surface area contributed by atoms with Gasteiger partial charge in [0, 0.05) is 48.8 Å². The molecule has 1 aliphatic heterocycles. The Morgan fingerprint density at radius 3 is 2.66 bits per heavy atom. The van der Waals surface area contributed by atoms with Gasteiger partial charge >= 0.3 is 0 Å². The number of halogens is 1. The van der Waals surface area contributed by atoms with Gasteiger partial charge in [0.25, 0.3) is 5.91 Å². The smallest absolute Gasteiger partial charge is 0.273 e. The van der Waals surface area contributed by atoms with E-state index in [0.717, 1.165) is 30.6 Å². The third-order valence-corrected chi connectivity index (χ3v) is 6.46. The minimum atomic E-state index is -0.338. The monoisotopic (exact) mass is 495 g/mol. The number of amides is 1. The number of para-hydroxylation sites is 1. The number of likely N-dealkylation sites (N-methyl/N-ethyl adjacent to an activating group) is 1. The van der Waals surface area contributed by atoms with E-state index in [0.29, 0.717) is 42.5 Å². The van der Waals surface area contributed by atoms with E-state index in [2.05, 4.69) is 29.0 Å². The largest absolute Gasteiger partial charge is 0.366 e. The molecule has 1 atom stereocenters. The molecule has 35 heavy (non-hydrogen) atoms. The van der Waals surface area contributed by atoms with Crippen LogP contribution < -0.4 is 10.2 Å². The van der Waals surface area contributed by atoms with E-state index in [1.54, 1.807) is 6.20 Å². The normalized spacial score (nSPS) is 16.0. The van der Waals surface area contributed by atoms with Crippen molar-refractivity contribution in [3.63, 3.8) is 0 Å². The number of anilines is 1. The van der Waals surface area contributed by atoms with E-state index in [1.807, 2.05) is 59.2 Å². The maximum Gasteiger partial charge on any atom is 0.273 e. The molecule has 8 heteroatoms. The van der Waals surface area contributed by atoms with Gasteiger partial charge in [0.15, 0.2) is 0 Å². The molecule has 1 aliphatic rings. The van der Waals surface area contributed by atoms with Crippen LogP contribution in [-0.2, 0) is 4.79 Å². The van der Waals surface area contributed by atoms with Gasteiger partial charge in [-0.1, -0.05) is 49.7 Å². The molecule has 1 fully saturated rings. The van der Waals surface area contributed by atoms with Gasteiger partial charge in [0.05, 0.1) is 11.6 Å². The number of hydrogen-bond donors (Lipinski definition) is 1. The molecule has 7 nitrogen and oxygen atoms in total. The molecular formula is C27H34ClN5O2. The van der Waals surface area contributed by atoms with E-state index in [1.165, 1.54) is 0 Å². The average Bonchev–Trinajstić information content (AvgIpc) is 3.35. The topological polar surface area (TPSA) is 77.9 Å². The molecule has 1 N–H and O–H groups in total. The van der Waals surface area contributed by atoms with Gasteiger partial charge in [0.1, 0.15) is 11.4 Å². The van der Waals surface area contributed by atoms with Gasteiger partial charge in [-0.3, -0.25) is 9.78 Å². The van der Waals surface area contributed by atoms with Crippen LogP contribution in [0.3, 0.4) is 0 Å². The number of nitrogens with zero attached hydrogens (tertiary/aromatic N) is 4. The fraction of sp³-hybridized carbons (Fsp3) is 0.407. The van der Waals surface area contributed by atoms with Crippen LogP contribution in [0.15, 0.2) is 77.5 Å². The van der Waals surface area contributed by atoms with Crippen molar-refractivity contribution in [2.45, 2.75) is 45.4 Å². The van der Waals surface area contributed by atoms with Crippen molar-refractivity contribution >= 4 is 23.2 Å². The maximum atomic E-state index is 13.5. The Balaban J connectivity index is 1.90. The molecule has 1 aromatic carbocycles. The minimum absolute atomic E-state index is 0.127. The second kappa shape index (κ2) is 13.0. The predicted molar refractivity (Wildman–Crippen MR) is 142 cm³/mol. The van der Waals surface area contributed by atoms with Crippen LogP contribution in [0, 0.1) is 4.91 Å². The number of pyridine rings is 1. The minimum Gasteiger partial charge on any atom is -0.366 e. The summed E-state index contributed by atoms with van der Waals surface area (Å²) in [6.45, 7) is 10.2. The van der Waals surface area contributed by atoms with Gasteiger partial charge in [-0.05, 0) is 55.6 Å². The molecule has 186 valence electrons. The SMILES string of the molecule is C=C(CCCC)NC(=O)/C(=C(\CN(CC)c1ccccc1)N=O)N1CCC(c2ccc(Cl)cn2)C1. The molecule has 3 rings (SSSR count). The fourth-order valence-corrected chi connectivity index (χ4v) is 4.43. The molecule has 0 aliphatic carbocycles. The third kappa shape index (κ3) is 7.15. The second-order valence-electron chi connectivity index (χ2n) is 8.73. The molecule has 2 heterocycles. The van der Waals surface area contributed by atoms with Crippen LogP contribution in [0.1, 0.15) is 51.1 Å². The molecule has 1 saturated heterocycles. The maximum absolute atomic E-state index is 13.5. The Kier molecular flexibility index (Phi) is 9.85. The Morgan fingerprint density at radius 2 is 2.03 bits per heavy atom. The van der Waals surface area contributed by atoms with Crippen molar-refractivity contribution in [1.29, 1.82) is 0 Å². The number of benzene rings is 1. The van der Waals surface area contributed by atoms with Crippen LogP contribution in [0.25, 0.3) is 0 Å². The molecule has 1 aromatic heterocycles. The lowest BCUT2D eigenvalue weighted by atomic mass is 10.0. The second-order valence-corrected chi connectivity index (χ2v) is 9.17. The number of likely N-dealkylation sites (tertiary alicyclic amines) is 1. The molecule has 0 radical (unpaired) electrons. The summed E-state index contributed by atoms with van der Waals surface area (Å²) < 4.78 is 0. The van der Waals surface area contributed by atoms with Crippen molar-refractivity contribution in [3.05, 3.63) is 88.0 Å². The summed E-state index contributed by atoms with van der Waals surface area (Å²) in [4.78, 5) is 34.1. The van der Waals surface area contributed by atoms with E-state index in [9.17, 15) is 9.70 Å². The summed E-state index contributed by atoms with van der Waals surface area (Å²) in [6, 6.07) is 13.6. The molecule has 0 bridgehead atoms. The zero-order valence-corrected chi connectivity index (χ0v) is 21.3. The Morgan fingerprint density at radius 1 is 1.26 bits per heavy atom. The lowest BCUT2D eigenvalue weighted by Crippen LogP contribution is -2.36. The van der Waals surface area contributed by atoms with Crippen LogP contribution in [0.5, 0.6) is 0 Å². The Labute approximate surface area is 212 Å². The number of carbonyl (C=O) groups is 1. The molecule has 1 unspecified atom stereocenters. The fourth-order valence-electron chi connectivity index (χ4n) is 4.32. The number of rotatable bonds is 12. The third-order valence-electron chi connectivity index (χ3n) is 6.24. The van der Waals surface area contributed by atoms with Crippen molar-refractivity contribution in [2.24, 2.45) is 5.18 Å². The van der Waals surface area contributed by atoms with Gasteiger partial charge < -0.3 is 15.1 Å². The van der Waals surface area contributed by atoms with E-state index in [-0.39, 0.29) is 24.1 Å². The van der Waals surface area contributed by atoms with E-state index < -0.39 is 0 Å². The van der Waals surface area contributed by atoms with Crippen molar-refractivity contribution < 1.29 is 4.79 Å². The highest BCUT2D eigenvalue weighted by atomic mass is 35.5. The van der Waals surface area contributed by atoms with E-state index >= 15 is 0 Å². The average molecular weight is 496 g/mol. The number of hydrogen-bond acceptors (Lipinski definition) is 6. The number of allylic oxidation sites excluding steroid dienone is 1. The summed E-state index contributed by atoms with van der Waals surface area (Å²) in [7, 11) is 0. The summed E-state index contributed by atoms with van der Waals surface area (Å²) >= 11 is 6.00. The first kappa shape index (κ1) is 26.4. The number of nitroso groups, excluding NO2 is 1. The lowest BCUT2D eigenvalue weighted by molar-refractivity contribution is -0.118. The van der Waals surface area contributed by atoms with Gasteiger partial charge in [-0.25, -0.2) is 0 Å². The van der Waals surface area contributed by atoms with Gasteiger partial charge in [0.2, 0.25) is 0 Å². The van der Waals surface area contributed by atoms with Crippen LogP contribution in [0.4, 0.5) is 5.69 Å². The van der Waals surface area contributed by atoms with Gasteiger partial charge in [-0.2, -0.15) is 0 Å². The molecular weight excluding hydrogens is 462 g/mol. The highest BCUT2D eigenvalue weighted by molar-refractivity contribution is 6.30. The van der Waals surface area contributed by atoms with E-state index in [4.69, 9.17) is 11.6 Å². The summed E-state index contributed by atoms with van der Waals surface area (Å²) in [5.74, 6) is -0.211. The highest BCUT2D eigenvalue weighted by Gasteiger charge is 2.32. The van der Waals surface area contributed by atoms with Crippen molar-refractivity contribution in [3.8, 4) is 0 Å². The van der Waals surface area contributed by atoms with Crippen molar-refractivity contribution in [2.75, 3.05) is 31.1 Å². The quantitative estimate of drug-likeness (QED) is 0.295. The van der Waals surface area contributed by atoms with Crippen LogP contribution >= 0.6 is 11.6 Å². The zero-order chi connectivity index (χ0) is 25.2. The Bertz CT molecular complexity index is 1040. The summed E-state index contributed by atoms with van der Waals surface area (Å²) in [5, 5.41) is 6.87. The first-order valence-corrected chi connectivity index (χ1v) is 12.6. The van der Waals surface area contributed by atoms with Crippen LogP contribution in [-0.4, -0.2) is 42.0 Å². The van der Waals surface area contributed by atoms with Crippen LogP contribution in [0.2, 0.25) is 5.02 Å². The highest BCUT2D eigenvalue weighted by Crippen LogP contribution is 2.31. The first-order valence-electron chi connectivity index (χ1n) is 12.2. The van der Waals surface area contributed by atoms with Gasteiger partial charge in [-0.15, -0.1) is 4.91 Å². The van der Waals surface area contributed by atoms with Crippen molar-refractivity contribution in [1.82, 2.24) is 15.2 Å². The predicted octanol–water partition coefficient (Wildman–Crippen LogP) is 5.85. The number of carbonyl (C=O) groups excluding carboxylic acids is 1. The number of unbranched alkanes of at least 4 members (excludes halogenated alkanes) is 1. The first-order chi connectivity index (χ1) is 17.0.